The first-order valence-electron chi connectivity index (χ1n) is 10.8. The molecule has 0 aromatic carbocycles. The summed E-state index contributed by atoms with van der Waals surface area (Å²) in [6.07, 6.45) is 0. The van der Waals surface area contributed by atoms with Gasteiger partial charge in [0, 0.05) is 0 Å². The van der Waals surface area contributed by atoms with Crippen molar-refractivity contribution in [2.24, 2.45) is 17.8 Å². The molecule has 0 radical (unpaired) electrons. The zero-order valence-electron chi connectivity index (χ0n) is 20.1. The van der Waals surface area contributed by atoms with Crippen LogP contribution in [0.1, 0.15) is 83.1 Å². The van der Waals surface area contributed by atoms with Crippen molar-refractivity contribution < 1.29 is 34.2 Å². The second-order valence-corrected chi connectivity index (χ2v) is 15.6. The van der Waals surface area contributed by atoms with Crippen LogP contribution in [-0.4, -0.2) is 0 Å². The predicted octanol–water partition coefficient (Wildman–Crippen LogP) is 8.39. The van der Waals surface area contributed by atoms with E-state index < -0.39 is 34.2 Å². The van der Waals surface area contributed by atoms with E-state index in [1.54, 1.807) is 50.2 Å². The summed E-state index contributed by atoms with van der Waals surface area (Å²) in [4.78, 5) is 0. The monoisotopic (exact) mass is 515 g/mol. The second kappa shape index (κ2) is 7.79. The van der Waals surface area contributed by atoms with Gasteiger partial charge in [-0.1, -0.05) is 0 Å². The van der Waals surface area contributed by atoms with Gasteiger partial charge in [-0.15, -0.1) is 0 Å². The van der Waals surface area contributed by atoms with Crippen LogP contribution >= 0.6 is 0 Å². The van der Waals surface area contributed by atoms with Gasteiger partial charge in [-0.3, -0.25) is 0 Å². The molecule has 0 aliphatic heterocycles. The van der Waals surface area contributed by atoms with Gasteiger partial charge in [-0.05, 0) is 0 Å². The minimum absolute atomic E-state index is 0.621. The van der Waals surface area contributed by atoms with E-state index >= 15 is 0 Å². The molecule has 0 saturated carbocycles. The zero-order valence-corrected chi connectivity index (χ0v) is 22.8. The van der Waals surface area contributed by atoms with Crippen molar-refractivity contribution in [3.63, 3.8) is 0 Å². The first-order valence-corrected chi connectivity index (χ1v) is 14.8. The van der Waals surface area contributed by atoms with Gasteiger partial charge in [0.2, 0.25) is 0 Å². The maximum atomic E-state index is 2.48. The molecule has 0 bridgehead atoms. The summed E-state index contributed by atoms with van der Waals surface area (Å²) in [6.45, 7) is 28.9. The van der Waals surface area contributed by atoms with Crippen LogP contribution in [-0.2, 0) is 0 Å². The predicted molar refractivity (Wildman–Crippen MR) is 121 cm³/mol. The van der Waals surface area contributed by atoms with Gasteiger partial charge in [-0.25, -0.2) is 0 Å². The number of rotatable bonds is 3. The topological polar surface area (TPSA) is 0 Å². The Kier molecular flexibility index (Phi) is 6.25. The van der Waals surface area contributed by atoms with Gasteiger partial charge in [0.25, 0.3) is 0 Å². The van der Waals surface area contributed by atoms with Crippen molar-refractivity contribution >= 4 is 0 Å². The molecule has 3 unspecified atom stereocenters. The van der Waals surface area contributed by atoms with Crippen LogP contribution in [0.5, 0.6) is 0 Å². The molecule has 1 heteroatoms. The minimum atomic E-state index is -2.21. The molecule has 0 fully saturated rings. The average Bonchev–Trinajstić information content (AvgIpc) is 3.06. The molecular formula is C27H39Sm. The van der Waals surface area contributed by atoms with E-state index in [1.165, 1.54) is 0 Å². The molecule has 28 heavy (non-hydrogen) atoms. The molecule has 3 aliphatic rings. The van der Waals surface area contributed by atoms with Crippen LogP contribution in [0.3, 0.4) is 0 Å². The van der Waals surface area contributed by atoms with Gasteiger partial charge in [0.15, 0.2) is 0 Å². The van der Waals surface area contributed by atoms with Crippen molar-refractivity contribution in [3.05, 3.63) is 54.0 Å². The van der Waals surface area contributed by atoms with Crippen LogP contribution < -0.4 is 0 Å². The van der Waals surface area contributed by atoms with Crippen LogP contribution in [0.25, 0.3) is 0 Å². The Balaban J connectivity index is 2.29. The molecule has 0 amide bonds. The third-order valence-electron chi connectivity index (χ3n) is 8.36. The van der Waals surface area contributed by atoms with E-state index in [1.807, 2.05) is 3.86 Å². The van der Waals surface area contributed by atoms with E-state index in [9.17, 15) is 0 Å². The Morgan fingerprint density at radius 1 is 0.393 bits per heavy atom. The zero-order chi connectivity index (χ0) is 21.2. The molecule has 0 aromatic heterocycles. The summed E-state index contributed by atoms with van der Waals surface area (Å²) >= 11 is -2.21. The van der Waals surface area contributed by atoms with Gasteiger partial charge in [0.05, 0.1) is 0 Å². The normalized spacial score (nSPS) is 29.2. The second-order valence-electron chi connectivity index (χ2n) is 9.36. The molecule has 3 aliphatic carbocycles. The fourth-order valence-corrected chi connectivity index (χ4v) is 17.1. The van der Waals surface area contributed by atoms with E-state index in [0.717, 1.165) is 0 Å². The number of hydrogen-bond donors (Lipinski definition) is 0. The Labute approximate surface area is 187 Å². The van der Waals surface area contributed by atoms with Crippen LogP contribution in [0.15, 0.2) is 54.0 Å². The molecule has 0 N–H and O–H groups in total. The number of hydrogen-bond acceptors (Lipinski definition) is 0. The maximum absolute atomic E-state index is 2.48. The Bertz CT molecular complexity index is 815. The fraction of sp³-hybridized carbons (Fsp3) is 0.556. The summed E-state index contributed by atoms with van der Waals surface area (Å²) in [5, 5.41) is 0. The molecule has 0 saturated heterocycles. The van der Waals surface area contributed by atoms with Gasteiger partial charge >= 0.3 is 189 Å². The standard InChI is InChI=1S/3C9H13.Sm/c3*1-6-5-7(2)9(4)8(6)3;/h3*6H,1-4H3;. The summed E-state index contributed by atoms with van der Waals surface area (Å²) < 4.78 is 5.59. The molecule has 0 aromatic rings. The van der Waals surface area contributed by atoms with E-state index in [-0.39, 0.29) is 0 Å². The van der Waals surface area contributed by atoms with E-state index in [0.29, 0.717) is 17.8 Å². The number of allylic oxidation sites excluding steroid dienone is 12. The summed E-state index contributed by atoms with van der Waals surface area (Å²) in [6, 6.07) is 0. The Morgan fingerprint density at radius 3 is 0.750 bits per heavy atom. The molecule has 0 heterocycles. The molecule has 153 valence electrons. The van der Waals surface area contributed by atoms with Crippen LogP contribution in [0, 0.1) is 52.0 Å². The van der Waals surface area contributed by atoms with E-state index in [4.69, 9.17) is 0 Å². The third-order valence-corrected chi connectivity index (χ3v) is 18.9. The van der Waals surface area contributed by atoms with Crippen molar-refractivity contribution in [1.29, 1.82) is 0 Å². The Hall–Kier alpha value is -0.222. The van der Waals surface area contributed by atoms with Crippen molar-refractivity contribution in [2.75, 3.05) is 0 Å². The average molecular weight is 514 g/mol. The van der Waals surface area contributed by atoms with Gasteiger partial charge < -0.3 is 0 Å². The Morgan fingerprint density at radius 2 is 0.607 bits per heavy atom. The van der Waals surface area contributed by atoms with Gasteiger partial charge in [-0.2, -0.15) is 0 Å². The molecule has 3 atom stereocenters. The summed E-state index contributed by atoms with van der Waals surface area (Å²) in [5.74, 6) is 1.86. The third kappa shape index (κ3) is 3.07. The van der Waals surface area contributed by atoms with Crippen molar-refractivity contribution in [2.45, 2.75) is 83.1 Å². The SMILES string of the molecule is CC1=C(C)C(C)[C]([Sm]([C]2=C(C)C(C)=C(C)C2C)[C]2=C(C)C(C)=C(C)C2C)=C1C. The molecule has 0 spiro atoms. The summed E-state index contributed by atoms with van der Waals surface area (Å²) in [5.41, 5.74) is 14.4. The summed E-state index contributed by atoms with van der Waals surface area (Å²) in [7, 11) is 0. The van der Waals surface area contributed by atoms with Gasteiger partial charge in [0.1, 0.15) is 0 Å². The molecule has 3 rings (SSSR count). The van der Waals surface area contributed by atoms with Crippen LogP contribution in [0.4, 0.5) is 0 Å². The van der Waals surface area contributed by atoms with Crippen molar-refractivity contribution in [1.82, 2.24) is 0 Å². The molecular weight excluding hydrogens is 475 g/mol. The molecule has 0 nitrogen and oxygen atoms in total. The quantitative estimate of drug-likeness (QED) is 0.355. The first-order chi connectivity index (χ1) is 12.9. The van der Waals surface area contributed by atoms with E-state index in [2.05, 4.69) is 83.1 Å². The first kappa shape index (κ1) is 22.5. The van der Waals surface area contributed by atoms with Crippen molar-refractivity contribution in [3.8, 4) is 0 Å². The van der Waals surface area contributed by atoms with Crippen LogP contribution in [0.2, 0.25) is 0 Å². The fourth-order valence-electron chi connectivity index (χ4n) is 5.33.